The first-order chi connectivity index (χ1) is 7.93. The molecule has 0 spiro atoms. The molecule has 1 rings (SSSR count). The van der Waals surface area contributed by atoms with Crippen molar-refractivity contribution in [2.24, 2.45) is 5.73 Å². The molecule has 2 N–H and O–H groups in total. The van der Waals surface area contributed by atoms with Crippen LogP contribution in [-0.4, -0.2) is 55.8 Å². The maximum atomic E-state index is 5.45. The van der Waals surface area contributed by atoms with Gasteiger partial charge in [0, 0.05) is 31.1 Å². The van der Waals surface area contributed by atoms with Crippen LogP contribution in [-0.2, 0) is 4.74 Å². The largest absolute Gasteiger partial charge is 0.379 e. The Labute approximate surface area is 107 Å². The molecule has 1 heterocycles. The second kappa shape index (κ2) is 10.7. The summed E-state index contributed by atoms with van der Waals surface area (Å²) in [6.45, 7) is 6.11. The lowest BCUT2D eigenvalue weighted by molar-refractivity contribution is 0.0410. The number of nitrogens with two attached hydrogens (primary N) is 1. The molecular weight excluding hydrogens is 240 g/mol. The molecule has 0 unspecified atom stereocenters. The van der Waals surface area contributed by atoms with Crippen LogP contribution in [0.2, 0.25) is 0 Å². The van der Waals surface area contributed by atoms with Crippen molar-refractivity contribution in [3.05, 3.63) is 0 Å². The molecule has 0 amide bonds. The monoisotopic (exact) mass is 264 g/mol. The van der Waals surface area contributed by atoms with Crippen molar-refractivity contribution in [2.75, 3.05) is 50.9 Å². The van der Waals surface area contributed by atoms with Gasteiger partial charge in [-0.05, 0) is 19.4 Å². The third-order valence-corrected chi connectivity index (χ3v) is 5.08. The second-order valence-corrected chi connectivity index (χ2v) is 6.65. The van der Waals surface area contributed by atoms with Gasteiger partial charge in [-0.15, -0.1) is 0 Å². The van der Waals surface area contributed by atoms with E-state index >= 15 is 0 Å². The fourth-order valence-electron chi connectivity index (χ4n) is 1.59. The number of hydrogen-bond acceptors (Lipinski definition) is 5. The summed E-state index contributed by atoms with van der Waals surface area (Å²) in [6, 6.07) is 0. The molecule has 0 aromatic rings. The van der Waals surface area contributed by atoms with Crippen molar-refractivity contribution in [3.63, 3.8) is 0 Å². The highest BCUT2D eigenvalue weighted by Gasteiger charge is 2.08. The van der Waals surface area contributed by atoms with Gasteiger partial charge in [-0.25, -0.2) is 0 Å². The van der Waals surface area contributed by atoms with E-state index in [0.29, 0.717) is 0 Å². The summed E-state index contributed by atoms with van der Waals surface area (Å²) in [5.41, 5.74) is 5.45. The highest BCUT2D eigenvalue weighted by Crippen LogP contribution is 2.22. The summed E-state index contributed by atoms with van der Waals surface area (Å²) in [4.78, 5) is 2.49. The minimum Gasteiger partial charge on any atom is -0.379 e. The topological polar surface area (TPSA) is 38.5 Å². The maximum absolute atomic E-state index is 5.45. The molecule has 3 nitrogen and oxygen atoms in total. The summed E-state index contributed by atoms with van der Waals surface area (Å²) in [5, 5.41) is 0. The Morgan fingerprint density at radius 3 is 2.50 bits per heavy atom. The van der Waals surface area contributed by atoms with Crippen LogP contribution in [0.15, 0.2) is 0 Å². The molecule has 5 heteroatoms. The molecule has 0 aromatic carbocycles. The van der Waals surface area contributed by atoms with Gasteiger partial charge in [0.25, 0.3) is 0 Å². The average Bonchev–Trinajstić information content (AvgIpc) is 2.34. The van der Waals surface area contributed by atoms with Crippen LogP contribution < -0.4 is 5.73 Å². The van der Waals surface area contributed by atoms with E-state index in [1.54, 1.807) is 0 Å². The fraction of sp³-hybridized carbons (Fsp3) is 1.00. The van der Waals surface area contributed by atoms with Crippen LogP contribution in [0.1, 0.15) is 19.3 Å². The molecule has 1 fully saturated rings. The summed E-state index contributed by atoms with van der Waals surface area (Å²) in [6.07, 6.45) is 3.78. The lowest BCUT2D eigenvalue weighted by Gasteiger charge is -2.26. The Balaban J connectivity index is 1.77. The number of nitrogens with zero attached hydrogens (tertiary/aromatic N) is 1. The number of rotatable bonds is 9. The van der Waals surface area contributed by atoms with Crippen LogP contribution in [0.25, 0.3) is 0 Å². The number of ether oxygens (including phenoxy) is 1. The molecule has 1 aliphatic rings. The summed E-state index contributed by atoms with van der Waals surface area (Å²) >= 11 is 0. The average molecular weight is 264 g/mol. The van der Waals surface area contributed by atoms with Gasteiger partial charge in [0.2, 0.25) is 0 Å². The van der Waals surface area contributed by atoms with Gasteiger partial charge in [0.1, 0.15) is 0 Å². The predicted molar refractivity (Wildman–Crippen MR) is 75.1 cm³/mol. The van der Waals surface area contributed by atoms with Crippen molar-refractivity contribution in [2.45, 2.75) is 19.3 Å². The highest BCUT2D eigenvalue weighted by atomic mass is 33.1. The molecule has 0 atom stereocenters. The number of unbranched alkanes of at least 4 members (excludes halogenated alkanes) is 2. The molecule has 1 saturated heterocycles. The van der Waals surface area contributed by atoms with E-state index in [4.69, 9.17) is 10.5 Å². The van der Waals surface area contributed by atoms with E-state index in [2.05, 4.69) is 4.90 Å². The Hall–Kier alpha value is 0.580. The normalized spacial score (nSPS) is 17.8. The first-order valence-electron chi connectivity index (χ1n) is 6.18. The van der Waals surface area contributed by atoms with Crippen molar-refractivity contribution < 1.29 is 4.74 Å². The van der Waals surface area contributed by atoms with Gasteiger partial charge in [0.15, 0.2) is 0 Å². The molecule has 0 saturated carbocycles. The molecule has 0 bridgehead atoms. The zero-order valence-corrected chi connectivity index (χ0v) is 11.7. The van der Waals surface area contributed by atoms with Crippen molar-refractivity contribution in [3.8, 4) is 0 Å². The number of morpholine rings is 1. The van der Waals surface area contributed by atoms with E-state index in [-0.39, 0.29) is 0 Å². The van der Waals surface area contributed by atoms with Crippen LogP contribution in [0.3, 0.4) is 0 Å². The Morgan fingerprint density at radius 2 is 1.75 bits per heavy atom. The van der Waals surface area contributed by atoms with E-state index in [1.165, 1.54) is 37.3 Å². The first-order valence-corrected chi connectivity index (χ1v) is 8.67. The van der Waals surface area contributed by atoms with Crippen LogP contribution in [0.4, 0.5) is 0 Å². The molecule has 96 valence electrons. The van der Waals surface area contributed by atoms with Gasteiger partial charge in [-0.2, -0.15) is 0 Å². The minimum atomic E-state index is 0.842. The predicted octanol–water partition coefficient (Wildman–Crippen LogP) is 1.83. The summed E-state index contributed by atoms with van der Waals surface area (Å²) < 4.78 is 5.32. The summed E-state index contributed by atoms with van der Waals surface area (Å²) in [5.74, 6) is 2.51. The Morgan fingerprint density at radius 1 is 1.00 bits per heavy atom. The molecule has 1 aliphatic heterocycles. The van der Waals surface area contributed by atoms with Crippen LogP contribution >= 0.6 is 21.6 Å². The molecule has 0 aromatic heterocycles. The van der Waals surface area contributed by atoms with Gasteiger partial charge < -0.3 is 10.5 Å². The standard InChI is InChI=1S/C11H24N2OS2/c12-4-2-1-3-10-15-16-11-7-13-5-8-14-9-6-13/h1-12H2. The van der Waals surface area contributed by atoms with Crippen molar-refractivity contribution in [1.29, 1.82) is 0 Å². The Bertz CT molecular complexity index is 155. The summed E-state index contributed by atoms with van der Waals surface area (Å²) in [7, 11) is 4.02. The lowest BCUT2D eigenvalue weighted by Crippen LogP contribution is -2.37. The zero-order chi connectivity index (χ0) is 11.5. The van der Waals surface area contributed by atoms with Crippen LogP contribution in [0.5, 0.6) is 0 Å². The SMILES string of the molecule is NCCCCCSSCCN1CCOCC1. The van der Waals surface area contributed by atoms with Crippen LogP contribution in [0, 0.1) is 0 Å². The molecular formula is C11H24N2OS2. The number of hydrogen-bond donors (Lipinski definition) is 1. The van der Waals surface area contributed by atoms with E-state index in [9.17, 15) is 0 Å². The minimum absolute atomic E-state index is 0.842. The fourth-order valence-corrected chi connectivity index (χ4v) is 3.77. The third kappa shape index (κ3) is 7.79. The Kier molecular flexibility index (Phi) is 9.81. The van der Waals surface area contributed by atoms with Gasteiger partial charge >= 0.3 is 0 Å². The van der Waals surface area contributed by atoms with Gasteiger partial charge in [-0.3, -0.25) is 4.90 Å². The lowest BCUT2D eigenvalue weighted by atomic mass is 10.2. The van der Waals surface area contributed by atoms with Gasteiger partial charge in [-0.1, -0.05) is 28.0 Å². The third-order valence-electron chi connectivity index (χ3n) is 2.61. The molecule has 0 radical (unpaired) electrons. The quantitative estimate of drug-likeness (QED) is 0.508. The van der Waals surface area contributed by atoms with Gasteiger partial charge in [0.05, 0.1) is 13.2 Å². The van der Waals surface area contributed by atoms with E-state index in [0.717, 1.165) is 32.8 Å². The zero-order valence-electron chi connectivity index (χ0n) is 10.0. The molecule has 16 heavy (non-hydrogen) atoms. The van der Waals surface area contributed by atoms with E-state index in [1.807, 2.05) is 21.6 Å². The van der Waals surface area contributed by atoms with E-state index < -0.39 is 0 Å². The smallest absolute Gasteiger partial charge is 0.0594 e. The second-order valence-electron chi connectivity index (χ2n) is 3.95. The maximum Gasteiger partial charge on any atom is 0.0594 e. The molecule has 0 aliphatic carbocycles. The first kappa shape index (κ1) is 14.6. The highest BCUT2D eigenvalue weighted by molar-refractivity contribution is 8.76. The van der Waals surface area contributed by atoms with Crippen molar-refractivity contribution in [1.82, 2.24) is 4.90 Å². The van der Waals surface area contributed by atoms with Crippen molar-refractivity contribution >= 4 is 21.6 Å².